The Morgan fingerprint density at radius 1 is 1.18 bits per heavy atom. The zero-order valence-electron chi connectivity index (χ0n) is 16.3. The van der Waals surface area contributed by atoms with Crippen LogP contribution >= 0.6 is 12.2 Å². The molecule has 0 atom stereocenters. The summed E-state index contributed by atoms with van der Waals surface area (Å²) in [6.07, 6.45) is 3.80. The highest BCUT2D eigenvalue weighted by molar-refractivity contribution is 7.71. The number of ether oxygens (including phenoxy) is 2. The van der Waals surface area contributed by atoms with Gasteiger partial charge in [-0.1, -0.05) is 43.2 Å². The van der Waals surface area contributed by atoms with E-state index in [9.17, 15) is 0 Å². The molecular formula is C21H24N4O2S. The molecule has 0 aliphatic carbocycles. The van der Waals surface area contributed by atoms with Gasteiger partial charge < -0.3 is 9.47 Å². The second kappa shape index (κ2) is 9.32. The molecule has 0 unspecified atom stereocenters. The van der Waals surface area contributed by atoms with Gasteiger partial charge in [0.15, 0.2) is 17.3 Å². The monoisotopic (exact) mass is 396 g/mol. The first kappa shape index (κ1) is 19.8. The van der Waals surface area contributed by atoms with Gasteiger partial charge in [0.25, 0.3) is 0 Å². The van der Waals surface area contributed by atoms with Crippen molar-refractivity contribution in [2.24, 2.45) is 5.10 Å². The van der Waals surface area contributed by atoms with Crippen LogP contribution in [0.3, 0.4) is 0 Å². The van der Waals surface area contributed by atoms with E-state index in [1.54, 1.807) is 18.0 Å². The number of unbranched alkanes of at least 4 members (excludes halogenated alkanes) is 1. The Hall–Kier alpha value is -2.93. The first-order valence-electron chi connectivity index (χ1n) is 9.22. The fourth-order valence-electron chi connectivity index (χ4n) is 2.63. The van der Waals surface area contributed by atoms with Gasteiger partial charge in [-0.2, -0.15) is 14.9 Å². The summed E-state index contributed by atoms with van der Waals surface area (Å²) in [5.74, 6) is 2.07. The van der Waals surface area contributed by atoms with Crippen LogP contribution in [0.4, 0.5) is 0 Å². The lowest BCUT2D eigenvalue weighted by atomic mass is 10.1. The van der Waals surface area contributed by atoms with Gasteiger partial charge >= 0.3 is 0 Å². The van der Waals surface area contributed by atoms with E-state index in [0.29, 0.717) is 28.7 Å². The smallest absolute Gasteiger partial charge is 0.216 e. The van der Waals surface area contributed by atoms with Gasteiger partial charge in [0.05, 0.1) is 19.9 Å². The molecule has 28 heavy (non-hydrogen) atoms. The lowest BCUT2D eigenvalue weighted by Gasteiger charge is -2.11. The van der Waals surface area contributed by atoms with Gasteiger partial charge in [-0.15, -0.1) is 0 Å². The van der Waals surface area contributed by atoms with Crippen LogP contribution in [-0.2, 0) is 0 Å². The van der Waals surface area contributed by atoms with Crippen molar-refractivity contribution in [2.45, 2.75) is 26.7 Å². The number of aromatic amines is 1. The first-order chi connectivity index (χ1) is 13.6. The molecule has 0 saturated carbocycles. The Labute approximate surface area is 169 Å². The molecule has 0 radical (unpaired) electrons. The number of methoxy groups -OCH3 is 1. The number of aryl methyl sites for hydroxylation is 1. The lowest BCUT2D eigenvalue weighted by Crippen LogP contribution is -2.00. The van der Waals surface area contributed by atoms with Crippen LogP contribution in [-0.4, -0.2) is 34.8 Å². The maximum Gasteiger partial charge on any atom is 0.216 e. The standard InChI is InChI=1S/C21H24N4O2S/c1-4-5-12-27-19-13-16(8-11-18(19)26-3)14-22-25-20(23-24-21(25)28)17-9-6-15(2)7-10-17/h6-11,13-14H,4-5,12H2,1-3H3,(H,24,28)/b22-14-. The largest absolute Gasteiger partial charge is 0.493 e. The fraction of sp³-hybridized carbons (Fsp3) is 0.286. The minimum absolute atomic E-state index is 0.430. The van der Waals surface area contributed by atoms with Gasteiger partial charge in [0, 0.05) is 5.56 Å². The number of hydrogen-bond donors (Lipinski definition) is 1. The maximum atomic E-state index is 5.84. The van der Waals surface area contributed by atoms with Crippen LogP contribution in [0.1, 0.15) is 30.9 Å². The summed E-state index contributed by atoms with van der Waals surface area (Å²) in [5, 5.41) is 11.6. The van der Waals surface area contributed by atoms with E-state index < -0.39 is 0 Å². The van der Waals surface area contributed by atoms with Crippen molar-refractivity contribution in [3.8, 4) is 22.9 Å². The number of nitrogens with zero attached hydrogens (tertiary/aromatic N) is 3. The SMILES string of the molecule is CCCCOc1cc(/C=N\n2c(-c3ccc(C)cc3)n[nH]c2=S)ccc1OC. The Morgan fingerprint density at radius 2 is 1.96 bits per heavy atom. The van der Waals surface area contributed by atoms with Crippen molar-refractivity contribution in [1.82, 2.24) is 14.9 Å². The second-order valence-electron chi connectivity index (χ2n) is 6.39. The molecular weight excluding hydrogens is 372 g/mol. The Bertz CT molecular complexity index is 1010. The number of nitrogens with one attached hydrogen (secondary N) is 1. The zero-order valence-corrected chi connectivity index (χ0v) is 17.1. The van der Waals surface area contributed by atoms with Crippen LogP contribution in [0, 0.1) is 11.7 Å². The molecule has 0 bridgehead atoms. The molecule has 0 aliphatic rings. The maximum absolute atomic E-state index is 5.84. The summed E-state index contributed by atoms with van der Waals surface area (Å²) in [7, 11) is 1.63. The highest BCUT2D eigenvalue weighted by Crippen LogP contribution is 2.28. The minimum atomic E-state index is 0.430. The molecule has 0 spiro atoms. The average molecular weight is 397 g/mol. The summed E-state index contributed by atoms with van der Waals surface area (Å²) < 4.78 is 13.3. The van der Waals surface area contributed by atoms with E-state index in [1.165, 1.54) is 5.56 Å². The molecule has 1 aromatic heterocycles. The number of H-pyrrole nitrogens is 1. The first-order valence-corrected chi connectivity index (χ1v) is 9.63. The van der Waals surface area contributed by atoms with Crippen molar-refractivity contribution < 1.29 is 9.47 Å². The minimum Gasteiger partial charge on any atom is -0.493 e. The van der Waals surface area contributed by atoms with Crippen molar-refractivity contribution in [3.05, 3.63) is 58.4 Å². The average Bonchev–Trinajstić information content (AvgIpc) is 3.08. The van der Waals surface area contributed by atoms with Crippen LogP contribution < -0.4 is 9.47 Å². The van der Waals surface area contributed by atoms with E-state index in [2.05, 4.69) is 22.2 Å². The molecule has 2 aromatic carbocycles. The highest BCUT2D eigenvalue weighted by atomic mass is 32.1. The van der Waals surface area contributed by atoms with Crippen LogP contribution in [0.2, 0.25) is 0 Å². The third-order valence-corrected chi connectivity index (χ3v) is 4.49. The number of benzene rings is 2. The zero-order chi connectivity index (χ0) is 19.9. The van der Waals surface area contributed by atoms with Crippen molar-refractivity contribution >= 4 is 18.4 Å². The molecule has 0 aliphatic heterocycles. The van der Waals surface area contributed by atoms with E-state index in [1.807, 2.05) is 49.4 Å². The van der Waals surface area contributed by atoms with Gasteiger partial charge in [-0.3, -0.25) is 0 Å². The predicted octanol–water partition coefficient (Wildman–Crippen LogP) is 4.99. The van der Waals surface area contributed by atoms with E-state index in [4.69, 9.17) is 21.7 Å². The summed E-state index contributed by atoms with van der Waals surface area (Å²) in [5.41, 5.74) is 3.00. The van der Waals surface area contributed by atoms with Crippen LogP contribution in [0.25, 0.3) is 11.4 Å². The summed E-state index contributed by atoms with van der Waals surface area (Å²) in [6.45, 7) is 4.82. The molecule has 1 N–H and O–H groups in total. The molecule has 3 rings (SSSR count). The molecule has 1 heterocycles. The van der Waals surface area contributed by atoms with E-state index in [-0.39, 0.29) is 0 Å². The third kappa shape index (κ3) is 4.67. The lowest BCUT2D eigenvalue weighted by molar-refractivity contribution is 0.288. The Balaban J connectivity index is 1.88. The van der Waals surface area contributed by atoms with Gasteiger partial charge in [0.1, 0.15) is 0 Å². The van der Waals surface area contributed by atoms with Crippen molar-refractivity contribution in [3.63, 3.8) is 0 Å². The molecule has 146 valence electrons. The summed E-state index contributed by atoms with van der Waals surface area (Å²) in [6, 6.07) is 13.8. The Kier molecular flexibility index (Phi) is 6.60. The number of aromatic nitrogens is 3. The number of rotatable bonds is 8. The molecule has 0 fully saturated rings. The summed E-state index contributed by atoms with van der Waals surface area (Å²) >= 11 is 5.34. The molecule has 0 saturated heterocycles. The highest BCUT2D eigenvalue weighted by Gasteiger charge is 2.09. The third-order valence-electron chi connectivity index (χ3n) is 4.23. The quantitative estimate of drug-likeness (QED) is 0.331. The topological polar surface area (TPSA) is 64.4 Å². The molecule has 0 amide bonds. The molecule has 7 heteroatoms. The Morgan fingerprint density at radius 3 is 2.68 bits per heavy atom. The molecule has 3 aromatic rings. The van der Waals surface area contributed by atoms with Crippen molar-refractivity contribution in [1.29, 1.82) is 0 Å². The normalized spacial score (nSPS) is 11.1. The number of hydrogen-bond acceptors (Lipinski definition) is 5. The molecule has 6 nitrogen and oxygen atoms in total. The van der Waals surface area contributed by atoms with Gasteiger partial charge in [-0.05, 0) is 49.3 Å². The fourth-order valence-corrected chi connectivity index (χ4v) is 2.80. The summed E-state index contributed by atoms with van der Waals surface area (Å²) in [4.78, 5) is 0. The van der Waals surface area contributed by atoms with E-state index in [0.717, 1.165) is 24.0 Å². The van der Waals surface area contributed by atoms with Gasteiger partial charge in [0.2, 0.25) is 4.77 Å². The van der Waals surface area contributed by atoms with Crippen LogP contribution in [0.5, 0.6) is 11.5 Å². The predicted molar refractivity (Wildman–Crippen MR) is 114 cm³/mol. The second-order valence-corrected chi connectivity index (χ2v) is 6.77. The van der Waals surface area contributed by atoms with Crippen LogP contribution in [0.15, 0.2) is 47.6 Å². The van der Waals surface area contributed by atoms with Gasteiger partial charge in [-0.25, -0.2) is 5.10 Å². The van der Waals surface area contributed by atoms with E-state index >= 15 is 0 Å². The van der Waals surface area contributed by atoms with Crippen molar-refractivity contribution in [2.75, 3.05) is 13.7 Å².